The standard InChI is InChI=1S/C7H6BrO3P/c8-7-4-2-1-3-6(7)5-11-12(9)10/h1-4H,5H2/p+1. The molecule has 0 aliphatic carbocycles. The van der Waals surface area contributed by atoms with Crippen LogP contribution in [0.25, 0.3) is 0 Å². The summed E-state index contributed by atoms with van der Waals surface area (Å²) in [7, 11) is -2.51. The average Bonchev–Trinajstić information content (AvgIpc) is 2.03. The van der Waals surface area contributed by atoms with E-state index in [1.807, 2.05) is 24.3 Å². The zero-order valence-corrected chi connectivity index (χ0v) is 8.59. The molecule has 3 nitrogen and oxygen atoms in total. The first-order valence-electron chi connectivity index (χ1n) is 3.22. The molecule has 0 aliphatic heterocycles. The Bertz CT molecular complexity index is 290. The number of halogens is 1. The van der Waals surface area contributed by atoms with Crippen molar-refractivity contribution >= 4 is 24.2 Å². The summed E-state index contributed by atoms with van der Waals surface area (Å²) in [4.78, 5) is 8.38. The highest BCUT2D eigenvalue weighted by atomic mass is 79.9. The molecule has 1 N–H and O–H groups in total. The third kappa shape index (κ3) is 2.99. The zero-order chi connectivity index (χ0) is 8.97. The third-order valence-electron chi connectivity index (χ3n) is 1.29. The summed E-state index contributed by atoms with van der Waals surface area (Å²) in [6, 6.07) is 7.38. The van der Waals surface area contributed by atoms with Crippen molar-refractivity contribution in [2.75, 3.05) is 0 Å². The van der Waals surface area contributed by atoms with E-state index in [4.69, 9.17) is 4.89 Å². The minimum atomic E-state index is -2.51. The molecule has 1 atom stereocenters. The van der Waals surface area contributed by atoms with Gasteiger partial charge in [0.15, 0.2) is 0 Å². The van der Waals surface area contributed by atoms with Gasteiger partial charge in [-0.2, -0.15) is 0 Å². The summed E-state index contributed by atoms with van der Waals surface area (Å²) < 4.78 is 15.6. The van der Waals surface area contributed by atoms with E-state index < -0.39 is 8.25 Å². The summed E-state index contributed by atoms with van der Waals surface area (Å²) in [6.07, 6.45) is 0. The molecule has 0 amide bonds. The van der Waals surface area contributed by atoms with Crippen molar-refractivity contribution in [1.29, 1.82) is 0 Å². The molecule has 0 heterocycles. The van der Waals surface area contributed by atoms with Gasteiger partial charge in [-0.25, -0.2) is 0 Å². The van der Waals surface area contributed by atoms with Gasteiger partial charge < -0.3 is 0 Å². The summed E-state index contributed by atoms with van der Waals surface area (Å²) >= 11 is 3.29. The van der Waals surface area contributed by atoms with Crippen LogP contribution in [0, 0.1) is 0 Å². The number of hydrogen-bond acceptors (Lipinski definition) is 2. The van der Waals surface area contributed by atoms with Crippen LogP contribution >= 0.6 is 24.2 Å². The third-order valence-corrected chi connectivity index (χ3v) is 2.41. The maximum atomic E-state index is 10.2. The van der Waals surface area contributed by atoms with Crippen LogP contribution in [0.5, 0.6) is 0 Å². The molecule has 0 spiro atoms. The second-order valence-electron chi connectivity index (χ2n) is 2.10. The monoisotopic (exact) mass is 249 g/mol. The van der Waals surface area contributed by atoms with Gasteiger partial charge in [-0.15, -0.1) is 9.42 Å². The Morgan fingerprint density at radius 1 is 1.50 bits per heavy atom. The molecule has 0 saturated carbocycles. The minimum absolute atomic E-state index is 0.146. The van der Waals surface area contributed by atoms with Gasteiger partial charge in [0, 0.05) is 9.04 Å². The van der Waals surface area contributed by atoms with Crippen LogP contribution in [0.4, 0.5) is 0 Å². The van der Waals surface area contributed by atoms with Gasteiger partial charge in [-0.05, 0) is 11.6 Å². The summed E-state index contributed by atoms with van der Waals surface area (Å²) in [5, 5.41) is 0. The maximum Gasteiger partial charge on any atom is 0.695 e. The molecule has 12 heavy (non-hydrogen) atoms. The van der Waals surface area contributed by atoms with Crippen molar-refractivity contribution in [1.82, 2.24) is 0 Å². The fourth-order valence-corrected chi connectivity index (χ4v) is 1.39. The zero-order valence-electron chi connectivity index (χ0n) is 6.11. The van der Waals surface area contributed by atoms with Crippen molar-refractivity contribution in [2.45, 2.75) is 6.61 Å². The molecule has 0 radical (unpaired) electrons. The van der Waals surface area contributed by atoms with E-state index in [2.05, 4.69) is 20.5 Å². The SMILES string of the molecule is O=[P+](O)OCc1ccccc1Br. The van der Waals surface area contributed by atoms with Crippen LogP contribution < -0.4 is 0 Å². The number of benzene rings is 1. The lowest BCUT2D eigenvalue weighted by molar-refractivity contribution is 0.272. The van der Waals surface area contributed by atoms with E-state index >= 15 is 0 Å². The molecular weight excluding hydrogens is 243 g/mol. The summed E-state index contributed by atoms with van der Waals surface area (Å²) in [5.41, 5.74) is 0.856. The van der Waals surface area contributed by atoms with E-state index in [0.717, 1.165) is 10.0 Å². The Hall–Kier alpha value is -0.280. The lowest BCUT2D eigenvalue weighted by Gasteiger charge is -1.96. The molecule has 0 aliphatic rings. The average molecular weight is 250 g/mol. The lowest BCUT2D eigenvalue weighted by Crippen LogP contribution is -1.86. The quantitative estimate of drug-likeness (QED) is 0.838. The van der Waals surface area contributed by atoms with Crippen LogP contribution in [0.1, 0.15) is 5.56 Å². The Balaban J connectivity index is 2.63. The molecule has 64 valence electrons. The van der Waals surface area contributed by atoms with E-state index in [9.17, 15) is 4.57 Å². The lowest BCUT2D eigenvalue weighted by atomic mass is 10.2. The molecule has 1 rings (SSSR count). The van der Waals surface area contributed by atoms with Crippen molar-refractivity contribution in [3.05, 3.63) is 34.3 Å². The molecule has 5 heteroatoms. The van der Waals surface area contributed by atoms with Gasteiger partial charge in [0.25, 0.3) is 0 Å². The highest BCUT2D eigenvalue weighted by Gasteiger charge is 2.12. The van der Waals surface area contributed by atoms with E-state index in [1.54, 1.807) is 0 Å². The normalized spacial score (nSPS) is 11.3. The van der Waals surface area contributed by atoms with Crippen molar-refractivity contribution in [3.8, 4) is 0 Å². The number of rotatable bonds is 3. The predicted octanol–water partition coefficient (Wildman–Crippen LogP) is 2.62. The first kappa shape index (κ1) is 9.81. The van der Waals surface area contributed by atoms with Gasteiger partial charge in [0.2, 0.25) is 0 Å². The molecule has 1 aromatic rings. The molecular formula is C7H7BrO3P+. The Kier molecular flexibility index (Phi) is 3.82. The fraction of sp³-hybridized carbons (Fsp3) is 0.143. The van der Waals surface area contributed by atoms with Crippen LogP contribution in [-0.2, 0) is 15.7 Å². The van der Waals surface area contributed by atoms with E-state index in [1.165, 1.54) is 0 Å². The van der Waals surface area contributed by atoms with Gasteiger partial charge in [0.1, 0.15) is 6.61 Å². The molecule has 0 aromatic heterocycles. The molecule has 0 saturated heterocycles. The van der Waals surface area contributed by atoms with Crippen molar-refractivity contribution in [2.24, 2.45) is 0 Å². The summed E-state index contributed by atoms with van der Waals surface area (Å²) in [5.74, 6) is 0. The minimum Gasteiger partial charge on any atom is -0.133 e. The Morgan fingerprint density at radius 2 is 2.17 bits per heavy atom. The van der Waals surface area contributed by atoms with Crippen LogP contribution in [0.3, 0.4) is 0 Å². The summed E-state index contributed by atoms with van der Waals surface area (Å²) in [6.45, 7) is 0.146. The molecule has 1 unspecified atom stereocenters. The van der Waals surface area contributed by atoms with E-state index in [0.29, 0.717) is 0 Å². The van der Waals surface area contributed by atoms with Gasteiger partial charge in [-0.3, -0.25) is 0 Å². The highest BCUT2D eigenvalue weighted by Crippen LogP contribution is 2.22. The largest absolute Gasteiger partial charge is 0.695 e. The highest BCUT2D eigenvalue weighted by molar-refractivity contribution is 9.10. The van der Waals surface area contributed by atoms with Crippen LogP contribution in [0.2, 0.25) is 0 Å². The van der Waals surface area contributed by atoms with E-state index in [-0.39, 0.29) is 6.61 Å². The fourth-order valence-electron chi connectivity index (χ4n) is 0.740. The predicted molar refractivity (Wildman–Crippen MR) is 48.8 cm³/mol. The first-order valence-corrected chi connectivity index (χ1v) is 5.15. The molecule has 0 bridgehead atoms. The van der Waals surface area contributed by atoms with Gasteiger partial charge >= 0.3 is 8.25 Å². The maximum absolute atomic E-state index is 10.2. The Labute approximate surface area is 79.4 Å². The first-order chi connectivity index (χ1) is 5.70. The molecule has 0 fully saturated rings. The van der Waals surface area contributed by atoms with Crippen molar-refractivity contribution in [3.63, 3.8) is 0 Å². The Morgan fingerprint density at radius 3 is 2.75 bits per heavy atom. The van der Waals surface area contributed by atoms with Crippen LogP contribution in [-0.4, -0.2) is 4.89 Å². The molecule has 1 aromatic carbocycles. The topological polar surface area (TPSA) is 46.5 Å². The second-order valence-corrected chi connectivity index (χ2v) is 3.69. The smallest absolute Gasteiger partial charge is 0.133 e. The second kappa shape index (κ2) is 4.67. The van der Waals surface area contributed by atoms with Crippen molar-refractivity contribution < 1.29 is 14.0 Å². The van der Waals surface area contributed by atoms with Crippen LogP contribution in [0.15, 0.2) is 28.7 Å². The number of hydrogen-bond donors (Lipinski definition) is 1. The van der Waals surface area contributed by atoms with Gasteiger partial charge in [-0.1, -0.05) is 34.1 Å². The van der Waals surface area contributed by atoms with Gasteiger partial charge in [0.05, 0.1) is 0 Å².